The van der Waals surface area contributed by atoms with Crippen LogP contribution < -0.4 is 10.1 Å². The number of para-hydroxylation sites is 1. The molecular weight excluding hydrogens is 370 g/mol. The molecule has 1 aromatic heterocycles. The lowest BCUT2D eigenvalue weighted by Crippen LogP contribution is -2.37. The van der Waals surface area contributed by atoms with Gasteiger partial charge in [0.2, 0.25) is 5.91 Å². The van der Waals surface area contributed by atoms with Gasteiger partial charge in [0.15, 0.2) is 0 Å². The summed E-state index contributed by atoms with van der Waals surface area (Å²) in [5, 5.41) is 15.5. The number of rotatable bonds is 7. The van der Waals surface area contributed by atoms with E-state index in [1.54, 1.807) is 18.4 Å². The minimum absolute atomic E-state index is 0.0498. The van der Waals surface area contributed by atoms with Crippen LogP contribution in [0.4, 0.5) is 0 Å². The Morgan fingerprint density at radius 3 is 2.54 bits per heavy atom. The Kier molecular flexibility index (Phi) is 5.20. The molecule has 1 saturated carbocycles. The number of methoxy groups -OCH3 is 1. The largest absolute Gasteiger partial charge is 0.496 e. The zero-order chi connectivity index (χ0) is 19.6. The van der Waals surface area contributed by atoms with E-state index in [2.05, 4.69) is 11.4 Å². The van der Waals surface area contributed by atoms with Crippen LogP contribution in [0.5, 0.6) is 5.75 Å². The third-order valence-electron chi connectivity index (χ3n) is 5.36. The molecule has 2 aromatic carbocycles. The first-order valence-corrected chi connectivity index (χ1v) is 10.3. The van der Waals surface area contributed by atoms with E-state index < -0.39 is 11.5 Å². The summed E-state index contributed by atoms with van der Waals surface area (Å²) in [4.78, 5) is 14.1. The Balaban J connectivity index is 1.41. The van der Waals surface area contributed by atoms with Gasteiger partial charge in [0.25, 0.3) is 0 Å². The van der Waals surface area contributed by atoms with E-state index in [9.17, 15) is 9.90 Å². The van der Waals surface area contributed by atoms with Crippen molar-refractivity contribution in [3.8, 4) is 16.2 Å². The zero-order valence-corrected chi connectivity index (χ0v) is 16.5. The van der Waals surface area contributed by atoms with E-state index in [0.717, 1.165) is 35.3 Å². The lowest BCUT2D eigenvalue weighted by molar-refractivity contribution is -0.124. The number of hydrogen-bond acceptors (Lipinski definition) is 4. The van der Waals surface area contributed by atoms with Crippen molar-refractivity contribution in [1.82, 2.24) is 5.32 Å². The Labute approximate surface area is 168 Å². The highest BCUT2D eigenvalue weighted by molar-refractivity contribution is 7.13. The third kappa shape index (κ3) is 3.55. The molecule has 0 saturated heterocycles. The fraction of sp³-hybridized carbons (Fsp3) is 0.261. The van der Waals surface area contributed by atoms with E-state index in [1.807, 2.05) is 60.0 Å². The van der Waals surface area contributed by atoms with Gasteiger partial charge in [-0.05, 0) is 41.5 Å². The number of aliphatic hydroxyl groups excluding tert-OH is 1. The smallest absolute Gasteiger partial charge is 0.230 e. The van der Waals surface area contributed by atoms with Crippen molar-refractivity contribution in [3.05, 3.63) is 77.2 Å². The maximum Gasteiger partial charge on any atom is 0.230 e. The number of carbonyl (C=O) groups excluding carboxylic acids is 1. The van der Waals surface area contributed by atoms with Crippen molar-refractivity contribution < 1.29 is 14.6 Å². The highest BCUT2D eigenvalue weighted by Crippen LogP contribution is 2.51. The van der Waals surface area contributed by atoms with Crippen LogP contribution in [0.3, 0.4) is 0 Å². The molecule has 3 aromatic rings. The molecule has 1 amide bonds. The van der Waals surface area contributed by atoms with Crippen molar-refractivity contribution in [1.29, 1.82) is 0 Å². The summed E-state index contributed by atoms with van der Waals surface area (Å²) in [7, 11) is 1.62. The summed E-state index contributed by atoms with van der Waals surface area (Å²) in [6, 6.07) is 19.6. The minimum atomic E-state index is -0.741. The van der Waals surface area contributed by atoms with E-state index in [1.165, 1.54) is 4.88 Å². The molecule has 0 bridgehead atoms. The molecule has 1 fully saturated rings. The number of benzene rings is 2. The lowest BCUT2D eigenvalue weighted by Gasteiger charge is -2.20. The van der Waals surface area contributed by atoms with Crippen LogP contribution in [0.2, 0.25) is 0 Å². The maximum absolute atomic E-state index is 12.9. The highest BCUT2D eigenvalue weighted by atomic mass is 32.1. The molecule has 1 heterocycles. The van der Waals surface area contributed by atoms with Gasteiger partial charge in [0.1, 0.15) is 5.75 Å². The summed E-state index contributed by atoms with van der Waals surface area (Å²) >= 11 is 1.69. The predicted molar refractivity (Wildman–Crippen MR) is 112 cm³/mol. The van der Waals surface area contributed by atoms with Gasteiger partial charge < -0.3 is 15.2 Å². The highest BCUT2D eigenvalue weighted by Gasteiger charge is 2.52. The Morgan fingerprint density at radius 1 is 1.14 bits per heavy atom. The third-order valence-corrected chi connectivity index (χ3v) is 6.28. The van der Waals surface area contributed by atoms with Gasteiger partial charge in [-0.2, -0.15) is 0 Å². The van der Waals surface area contributed by atoms with Gasteiger partial charge in [-0.1, -0.05) is 48.5 Å². The Bertz CT molecular complexity index is 946. The molecule has 4 nitrogen and oxygen atoms in total. The molecule has 144 valence electrons. The Morgan fingerprint density at radius 2 is 1.89 bits per heavy atom. The van der Waals surface area contributed by atoms with Crippen LogP contribution in [0, 0.1) is 0 Å². The van der Waals surface area contributed by atoms with Gasteiger partial charge in [-0.3, -0.25) is 4.79 Å². The standard InChI is InChI=1S/C23H23NO3S/c1-27-20-6-3-2-5-18(20)23(12-13-23)22(26)24-15-19(25)16-8-10-17(11-9-16)21-7-4-14-28-21/h2-11,14,19,25H,12-13,15H2,1H3,(H,24,26). The van der Waals surface area contributed by atoms with Gasteiger partial charge in [-0.25, -0.2) is 0 Å². The molecular formula is C23H23NO3S. The van der Waals surface area contributed by atoms with Crippen LogP contribution in [-0.4, -0.2) is 24.7 Å². The van der Waals surface area contributed by atoms with E-state index >= 15 is 0 Å². The first-order valence-electron chi connectivity index (χ1n) is 9.38. The summed E-state index contributed by atoms with van der Waals surface area (Å²) in [6.07, 6.45) is 0.852. The fourth-order valence-corrected chi connectivity index (χ4v) is 4.31. The average Bonchev–Trinajstić information content (AvgIpc) is 3.37. The number of nitrogens with one attached hydrogen (secondary N) is 1. The molecule has 1 unspecified atom stereocenters. The maximum atomic E-state index is 12.9. The second-order valence-electron chi connectivity index (χ2n) is 7.11. The summed E-state index contributed by atoms with van der Waals surface area (Å²) in [5.41, 5.74) is 2.31. The molecule has 1 aliphatic carbocycles. The van der Waals surface area contributed by atoms with Crippen molar-refractivity contribution in [2.45, 2.75) is 24.4 Å². The fourth-order valence-electron chi connectivity index (χ4n) is 3.57. The van der Waals surface area contributed by atoms with Crippen molar-refractivity contribution in [2.24, 2.45) is 0 Å². The summed E-state index contributed by atoms with van der Waals surface area (Å²) < 4.78 is 5.43. The molecule has 0 spiro atoms. The molecule has 28 heavy (non-hydrogen) atoms. The molecule has 1 aliphatic rings. The van der Waals surface area contributed by atoms with Gasteiger partial charge in [0.05, 0.1) is 18.6 Å². The van der Waals surface area contributed by atoms with E-state index in [-0.39, 0.29) is 12.5 Å². The first kappa shape index (κ1) is 18.7. The Hall–Kier alpha value is -2.63. The molecule has 0 radical (unpaired) electrons. The molecule has 0 aliphatic heterocycles. The number of aliphatic hydroxyl groups is 1. The zero-order valence-electron chi connectivity index (χ0n) is 15.7. The minimum Gasteiger partial charge on any atom is -0.496 e. The topological polar surface area (TPSA) is 58.6 Å². The number of amides is 1. The first-order chi connectivity index (χ1) is 13.6. The molecule has 1 atom stereocenters. The van der Waals surface area contributed by atoms with Crippen LogP contribution in [0.15, 0.2) is 66.0 Å². The SMILES string of the molecule is COc1ccccc1C1(C(=O)NCC(O)c2ccc(-c3cccs3)cc2)CC1. The van der Waals surface area contributed by atoms with Gasteiger partial charge >= 0.3 is 0 Å². The molecule has 2 N–H and O–H groups in total. The summed E-state index contributed by atoms with van der Waals surface area (Å²) in [6.45, 7) is 0.189. The number of hydrogen-bond donors (Lipinski definition) is 2. The van der Waals surface area contributed by atoms with Crippen molar-refractivity contribution in [3.63, 3.8) is 0 Å². The van der Waals surface area contributed by atoms with Crippen LogP contribution >= 0.6 is 11.3 Å². The number of carbonyl (C=O) groups is 1. The molecule has 5 heteroatoms. The van der Waals surface area contributed by atoms with Crippen LogP contribution in [0.25, 0.3) is 10.4 Å². The van der Waals surface area contributed by atoms with Crippen LogP contribution in [-0.2, 0) is 10.2 Å². The normalized spacial score (nSPS) is 15.6. The quantitative estimate of drug-likeness (QED) is 0.629. The average molecular weight is 394 g/mol. The van der Waals surface area contributed by atoms with Gasteiger partial charge in [-0.15, -0.1) is 11.3 Å². The van der Waals surface area contributed by atoms with Crippen molar-refractivity contribution in [2.75, 3.05) is 13.7 Å². The lowest BCUT2D eigenvalue weighted by atomic mass is 9.93. The number of thiophene rings is 1. The van der Waals surface area contributed by atoms with E-state index in [4.69, 9.17) is 4.74 Å². The monoisotopic (exact) mass is 393 g/mol. The number of ether oxygens (including phenoxy) is 1. The van der Waals surface area contributed by atoms with Crippen molar-refractivity contribution >= 4 is 17.2 Å². The second kappa shape index (κ2) is 7.78. The van der Waals surface area contributed by atoms with Gasteiger partial charge in [0, 0.05) is 17.0 Å². The predicted octanol–water partition coefficient (Wildman–Crippen LogP) is 4.31. The second-order valence-corrected chi connectivity index (χ2v) is 8.06. The summed E-state index contributed by atoms with van der Waals surface area (Å²) in [5.74, 6) is 0.686. The van der Waals surface area contributed by atoms with Crippen LogP contribution in [0.1, 0.15) is 30.1 Å². The van der Waals surface area contributed by atoms with E-state index in [0.29, 0.717) is 0 Å². The molecule has 4 rings (SSSR count).